The van der Waals surface area contributed by atoms with E-state index in [2.05, 4.69) is 26.1 Å². The van der Waals surface area contributed by atoms with E-state index in [-0.39, 0.29) is 12.8 Å². The third kappa shape index (κ3) is 9.49. The number of hydrazine groups is 1. The molecule has 0 bridgehead atoms. The van der Waals surface area contributed by atoms with Crippen LogP contribution >= 0.6 is 0 Å². The van der Waals surface area contributed by atoms with Gasteiger partial charge in [0.15, 0.2) is 0 Å². The number of nitrogen functional groups attached to an aromatic ring is 1. The Morgan fingerprint density at radius 3 is 2.25 bits per heavy atom. The molecule has 1 amide bonds. The molecule has 3 aromatic rings. The van der Waals surface area contributed by atoms with Crippen molar-refractivity contribution in [3.05, 3.63) is 59.9 Å². The second kappa shape index (κ2) is 12.7. The van der Waals surface area contributed by atoms with Gasteiger partial charge in [-0.05, 0) is 83.9 Å². The second-order valence-corrected chi connectivity index (χ2v) is 11.4. The first-order valence-electron chi connectivity index (χ1n) is 13.0. The number of rotatable bonds is 10. The summed E-state index contributed by atoms with van der Waals surface area (Å²) in [4.78, 5) is 45.9. The average molecular weight is 551 g/mol. The Labute approximate surface area is 234 Å². The molecule has 40 heavy (non-hydrogen) atoms. The number of benzene rings is 2. The van der Waals surface area contributed by atoms with Crippen LogP contribution in [0, 0.1) is 0 Å². The summed E-state index contributed by atoms with van der Waals surface area (Å²) in [6, 6.07) is 11.7. The van der Waals surface area contributed by atoms with E-state index in [0.717, 1.165) is 22.2 Å². The van der Waals surface area contributed by atoms with Gasteiger partial charge in [0.05, 0.1) is 5.52 Å². The highest BCUT2D eigenvalue weighted by Gasteiger charge is 2.27. The van der Waals surface area contributed by atoms with Crippen molar-refractivity contribution in [2.45, 2.75) is 78.2 Å². The van der Waals surface area contributed by atoms with Crippen molar-refractivity contribution < 1.29 is 23.9 Å². The maximum Gasteiger partial charge on any atom is 0.325 e. The van der Waals surface area contributed by atoms with Crippen LogP contribution in [0.2, 0.25) is 0 Å². The van der Waals surface area contributed by atoms with E-state index >= 15 is 0 Å². The highest BCUT2D eigenvalue weighted by Crippen LogP contribution is 2.21. The molecule has 214 valence electrons. The molecule has 2 aromatic carbocycles. The lowest BCUT2D eigenvalue weighted by atomic mass is 10.1. The largest absolute Gasteiger partial charge is 0.460 e. The molecular formula is C29H38N6O5. The average Bonchev–Trinajstić information content (AvgIpc) is 2.86. The lowest BCUT2D eigenvalue weighted by Gasteiger charge is -2.25. The number of amides is 1. The Hall–Kier alpha value is -4.25. The van der Waals surface area contributed by atoms with Gasteiger partial charge in [-0.25, -0.2) is 15.4 Å². The molecular weight excluding hydrogens is 512 g/mol. The zero-order valence-corrected chi connectivity index (χ0v) is 23.8. The van der Waals surface area contributed by atoms with Crippen LogP contribution in [0.1, 0.15) is 70.3 Å². The number of fused-ring (bicyclic) bond motifs is 1. The molecule has 5 N–H and O–H groups in total. The molecule has 11 heteroatoms. The Bertz CT molecular complexity index is 1350. The van der Waals surface area contributed by atoms with Gasteiger partial charge in [-0.2, -0.15) is 0 Å². The van der Waals surface area contributed by atoms with E-state index < -0.39 is 35.1 Å². The molecule has 0 radical (unpaired) electrons. The molecule has 0 unspecified atom stereocenters. The number of hydrogen-bond donors (Lipinski definition) is 4. The van der Waals surface area contributed by atoms with Gasteiger partial charge >= 0.3 is 11.9 Å². The number of carbonyl (C=O) groups excluding carboxylic acids is 3. The Morgan fingerprint density at radius 2 is 1.60 bits per heavy atom. The predicted molar refractivity (Wildman–Crippen MR) is 153 cm³/mol. The molecule has 1 aromatic heterocycles. The van der Waals surface area contributed by atoms with Crippen molar-refractivity contribution in [3.63, 3.8) is 0 Å². The van der Waals surface area contributed by atoms with Crippen LogP contribution in [-0.4, -0.2) is 45.1 Å². The summed E-state index contributed by atoms with van der Waals surface area (Å²) in [5.74, 6) is -1.05. The van der Waals surface area contributed by atoms with Gasteiger partial charge in [-0.3, -0.25) is 19.8 Å². The van der Waals surface area contributed by atoms with Crippen LogP contribution in [-0.2, 0) is 25.6 Å². The van der Waals surface area contributed by atoms with Crippen LogP contribution < -0.4 is 21.9 Å². The van der Waals surface area contributed by atoms with Gasteiger partial charge in [0.25, 0.3) is 5.91 Å². The van der Waals surface area contributed by atoms with E-state index in [1.165, 1.54) is 6.33 Å². The maximum absolute atomic E-state index is 12.8. The number of ether oxygens (including phenoxy) is 2. The van der Waals surface area contributed by atoms with Gasteiger partial charge in [-0.1, -0.05) is 12.1 Å². The fourth-order valence-corrected chi connectivity index (χ4v) is 3.67. The van der Waals surface area contributed by atoms with Gasteiger partial charge < -0.3 is 20.5 Å². The van der Waals surface area contributed by atoms with Crippen molar-refractivity contribution in [2.75, 3.05) is 11.1 Å². The lowest BCUT2D eigenvalue weighted by Crippen LogP contribution is -2.50. The zero-order chi connectivity index (χ0) is 29.5. The first kappa shape index (κ1) is 30.3. The highest BCUT2D eigenvalue weighted by atomic mass is 16.6. The molecule has 0 saturated carbocycles. The van der Waals surface area contributed by atoms with Crippen LogP contribution in [0.4, 0.5) is 11.5 Å². The number of hydrogen-bond acceptors (Lipinski definition) is 10. The quantitative estimate of drug-likeness (QED) is 0.216. The molecule has 11 nitrogen and oxygen atoms in total. The van der Waals surface area contributed by atoms with E-state index in [4.69, 9.17) is 15.2 Å². The molecule has 1 heterocycles. The van der Waals surface area contributed by atoms with E-state index in [1.54, 1.807) is 53.7 Å². The molecule has 0 aliphatic carbocycles. The minimum atomic E-state index is -0.944. The smallest absolute Gasteiger partial charge is 0.325 e. The number of esters is 2. The van der Waals surface area contributed by atoms with E-state index in [1.807, 2.05) is 30.3 Å². The second-order valence-electron chi connectivity index (χ2n) is 11.4. The maximum atomic E-state index is 12.8. The van der Waals surface area contributed by atoms with E-state index in [0.29, 0.717) is 17.9 Å². The molecule has 1 atom stereocenters. The standard InChI is InChI=1S/C29H38N6O5/c1-28(2,3)39-24(36)14-13-23(27(38)40-29(4,5)6)34-35-26(37)19-9-7-18(8-10-19)16-31-20-11-12-22-21(15-20)25(30)33-17-32-22/h7-12,15,17,23,31,34H,13-14,16H2,1-6H3,(H,35,37)(H2,30,32,33)/t23-/m0/s1. The normalized spacial score (nSPS) is 12.4. The summed E-state index contributed by atoms with van der Waals surface area (Å²) in [6.45, 7) is 11.1. The predicted octanol–water partition coefficient (Wildman–Crippen LogP) is 3.89. The topological polar surface area (TPSA) is 158 Å². The number of nitrogens with two attached hydrogens (primary N) is 1. The van der Waals surface area contributed by atoms with Gasteiger partial charge in [0, 0.05) is 29.6 Å². The Morgan fingerprint density at radius 1 is 0.925 bits per heavy atom. The number of anilines is 2. The van der Waals surface area contributed by atoms with Crippen molar-refractivity contribution in [1.82, 2.24) is 20.8 Å². The van der Waals surface area contributed by atoms with Crippen molar-refractivity contribution in [2.24, 2.45) is 0 Å². The molecule has 0 aliphatic rings. The lowest BCUT2D eigenvalue weighted by molar-refractivity contribution is -0.159. The fourth-order valence-electron chi connectivity index (χ4n) is 3.67. The first-order valence-corrected chi connectivity index (χ1v) is 13.0. The van der Waals surface area contributed by atoms with E-state index in [9.17, 15) is 14.4 Å². The summed E-state index contributed by atoms with van der Waals surface area (Å²) in [5.41, 5.74) is 12.8. The molecule has 3 rings (SSSR count). The monoisotopic (exact) mass is 550 g/mol. The van der Waals surface area contributed by atoms with Crippen LogP contribution in [0.5, 0.6) is 0 Å². The van der Waals surface area contributed by atoms with Crippen molar-refractivity contribution >= 4 is 40.3 Å². The van der Waals surface area contributed by atoms with Gasteiger partial charge in [-0.15, -0.1) is 0 Å². The third-order valence-corrected chi connectivity index (χ3v) is 5.49. The number of nitrogens with one attached hydrogen (secondary N) is 3. The first-order chi connectivity index (χ1) is 18.7. The van der Waals surface area contributed by atoms with Crippen molar-refractivity contribution in [1.29, 1.82) is 0 Å². The molecule has 0 saturated heterocycles. The van der Waals surface area contributed by atoms with Crippen LogP contribution in [0.3, 0.4) is 0 Å². The summed E-state index contributed by atoms with van der Waals surface area (Å²) in [7, 11) is 0. The molecule has 0 fully saturated rings. The minimum Gasteiger partial charge on any atom is -0.460 e. The molecule has 0 aliphatic heterocycles. The minimum absolute atomic E-state index is 0.0252. The van der Waals surface area contributed by atoms with Crippen LogP contribution in [0.15, 0.2) is 48.8 Å². The summed E-state index contributed by atoms with van der Waals surface area (Å²) < 4.78 is 10.8. The fraction of sp³-hybridized carbons (Fsp3) is 0.414. The Balaban J connectivity index is 1.57. The Kier molecular flexibility index (Phi) is 9.65. The summed E-state index contributed by atoms with van der Waals surface area (Å²) in [6.07, 6.45) is 1.49. The highest BCUT2D eigenvalue weighted by molar-refractivity contribution is 5.94. The third-order valence-electron chi connectivity index (χ3n) is 5.49. The van der Waals surface area contributed by atoms with Gasteiger partial charge in [0.2, 0.25) is 0 Å². The number of aromatic nitrogens is 2. The van der Waals surface area contributed by atoms with Crippen LogP contribution in [0.25, 0.3) is 10.9 Å². The van der Waals surface area contributed by atoms with Gasteiger partial charge in [0.1, 0.15) is 29.4 Å². The number of carbonyl (C=O) groups is 3. The summed E-state index contributed by atoms with van der Waals surface area (Å²) in [5, 5.41) is 4.09. The van der Waals surface area contributed by atoms with Crippen molar-refractivity contribution in [3.8, 4) is 0 Å². The SMILES string of the molecule is CC(C)(C)OC(=O)CC[C@H](NNC(=O)c1ccc(CNc2ccc3ncnc(N)c3c2)cc1)C(=O)OC(C)(C)C. The number of nitrogens with zero attached hydrogens (tertiary/aromatic N) is 2. The molecule has 0 spiro atoms. The zero-order valence-electron chi connectivity index (χ0n) is 23.8. The summed E-state index contributed by atoms with van der Waals surface area (Å²) >= 11 is 0.